The van der Waals surface area contributed by atoms with Gasteiger partial charge in [-0.25, -0.2) is 8.78 Å². The van der Waals surface area contributed by atoms with Gasteiger partial charge < -0.3 is 5.73 Å². The first-order valence-corrected chi connectivity index (χ1v) is 6.07. The fraction of sp³-hybridized carbons (Fsp3) is 0.538. The van der Waals surface area contributed by atoms with E-state index in [1.807, 2.05) is 6.92 Å². The molecule has 2 nitrogen and oxygen atoms in total. The maximum Gasteiger partial charge on any atom is 0.130 e. The van der Waals surface area contributed by atoms with E-state index in [1.165, 1.54) is 31.0 Å². The average Bonchev–Trinajstić information content (AvgIpc) is 3.09. The van der Waals surface area contributed by atoms with Crippen LogP contribution in [0.1, 0.15) is 31.4 Å². The highest BCUT2D eigenvalue weighted by Gasteiger charge is 2.30. The summed E-state index contributed by atoms with van der Waals surface area (Å²) in [5, 5.41) is 0. The fourth-order valence-electron chi connectivity index (χ4n) is 2.18. The molecular weight excluding hydrogens is 222 g/mol. The Balaban J connectivity index is 2.10. The monoisotopic (exact) mass is 240 g/mol. The molecule has 1 aromatic rings. The van der Waals surface area contributed by atoms with Gasteiger partial charge in [0, 0.05) is 24.2 Å². The summed E-state index contributed by atoms with van der Waals surface area (Å²) in [6.07, 6.45) is 2.33. The van der Waals surface area contributed by atoms with Gasteiger partial charge in [0.05, 0.1) is 0 Å². The molecule has 1 saturated carbocycles. The van der Waals surface area contributed by atoms with E-state index in [1.54, 1.807) is 0 Å². The first kappa shape index (κ1) is 12.5. The van der Waals surface area contributed by atoms with Crippen LogP contribution in [0.2, 0.25) is 0 Å². The molecular formula is C13H18F2N2. The number of hydrogen-bond acceptors (Lipinski definition) is 2. The Morgan fingerprint density at radius 1 is 1.35 bits per heavy atom. The minimum absolute atomic E-state index is 0.00611. The molecule has 94 valence electrons. The number of nitrogens with two attached hydrogens (primary N) is 1. The first-order chi connectivity index (χ1) is 8.13. The van der Waals surface area contributed by atoms with Gasteiger partial charge in [0.1, 0.15) is 11.6 Å². The van der Waals surface area contributed by atoms with Crippen molar-refractivity contribution in [3.05, 3.63) is 35.4 Å². The van der Waals surface area contributed by atoms with E-state index >= 15 is 0 Å². The summed E-state index contributed by atoms with van der Waals surface area (Å²) in [4.78, 5) is 2.19. The Hall–Kier alpha value is -1.00. The molecule has 0 bridgehead atoms. The summed E-state index contributed by atoms with van der Waals surface area (Å²) >= 11 is 0. The number of benzene rings is 1. The quantitative estimate of drug-likeness (QED) is 0.856. The van der Waals surface area contributed by atoms with Crippen molar-refractivity contribution in [3.63, 3.8) is 0 Å². The normalized spacial score (nSPS) is 17.5. The molecule has 0 aromatic heterocycles. The lowest BCUT2D eigenvalue weighted by atomic mass is 10.1. The number of halogens is 2. The second-order valence-electron chi connectivity index (χ2n) is 4.56. The van der Waals surface area contributed by atoms with Crippen LogP contribution in [0.3, 0.4) is 0 Å². The highest BCUT2D eigenvalue weighted by molar-refractivity contribution is 5.23. The molecule has 2 N–H and O–H groups in total. The lowest BCUT2D eigenvalue weighted by Crippen LogP contribution is -2.34. The molecule has 0 saturated heterocycles. The van der Waals surface area contributed by atoms with Crippen LogP contribution in [0, 0.1) is 11.6 Å². The Labute approximate surface area is 100 Å². The van der Waals surface area contributed by atoms with Gasteiger partial charge >= 0.3 is 0 Å². The van der Waals surface area contributed by atoms with Crippen molar-refractivity contribution in [3.8, 4) is 0 Å². The van der Waals surface area contributed by atoms with E-state index in [2.05, 4.69) is 4.90 Å². The topological polar surface area (TPSA) is 29.3 Å². The highest BCUT2D eigenvalue weighted by atomic mass is 19.1. The van der Waals surface area contributed by atoms with E-state index in [9.17, 15) is 8.78 Å². The number of likely N-dealkylation sites (N-methyl/N-ethyl adjacent to an activating group) is 1. The average molecular weight is 240 g/mol. The second-order valence-corrected chi connectivity index (χ2v) is 4.56. The molecule has 2 rings (SSSR count). The standard InChI is InChI=1S/C13H18F2N2/c1-2-17(9-6-7-9)8-12(16)13-10(14)4-3-5-11(13)15/h3-5,9,12H,2,6-8,16H2,1H3. The lowest BCUT2D eigenvalue weighted by Gasteiger charge is -2.24. The highest BCUT2D eigenvalue weighted by Crippen LogP contribution is 2.28. The minimum atomic E-state index is -0.600. The largest absolute Gasteiger partial charge is 0.323 e. The van der Waals surface area contributed by atoms with Crippen molar-refractivity contribution in [2.45, 2.75) is 31.8 Å². The van der Waals surface area contributed by atoms with Crippen molar-refractivity contribution in [1.29, 1.82) is 0 Å². The van der Waals surface area contributed by atoms with Crippen molar-refractivity contribution >= 4 is 0 Å². The van der Waals surface area contributed by atoms with Gasteiger partial charge in [-0.1, -0.05) is 13.0 Å². The molecule has 0 spiro atoms. The van der Waals surface area contributed by atoms with Crippen LogP contribution in [0.25, 0.3) is 0 Å². The van der Waals surface area contributed by atoms with Crippen LogP contribution in [0.15, 0.2) is 18.2 Å². The van der Waals surface area contributed by atoms with E-state index in [0.29, 0.717) is 12.6 Å². The summed E-state index contributed by atoms with van der Waals surface area (Å²) in [7, 11) is 0. The predicted molar refractivity (Wildman–Crippen MR) is 63.6 cm³/mol. The third-order valence-electron chi connectivity index (χ3n) is 3.27. The van der Waals surface area contributed by atoms with Crippen LogP contribution >= 0.6 is 0 Å². The van der Waals surface area contributed by atoms with Gasteiger partial charge in [0.25, 0.3) is 0 Å². The third-order valence-corrected chi connectivity index (χ3v) is 3.27. The Morgan fingerprint density at radius 2 is 1.94 bits per heavy atom. The van der Waals surface area contributed by atoms with Gasteiger partial charge in [0.2, 0.25) is 0 Å². The van der Waals surface area contributed by atoms with E-state index in [0.717, 1.165) is 6.54 Å². The smallest absolute Gasteiger partial charge is 0.130 e. The minimum Gasteiger partial charge on any atom is -0.323 e. The summed E-state index contributed by atoms with van der Waals surface area (Å²) in [5.41, 5.74) is 5.92. The molecule has 4 heteroatoms. The Morgan fingerprint density at radius 3 is 2.41 bits per heavy atom. The molecule has 1 aliphatic carbocycles. The maximum atomic E-state index is 13.5. The number of rotatable bonds is 5. The Bertz CT molecular complexity index is 371. The molecule has 0 heterocycles. The molecule has 0 amide bonds. The summed E-state index contributed by atoms with van der Waals surface area (Å²) in [5.74, 6) is -1.10. The molecule has 1 aliphatic rings. The van der Waals surface area contributed by atoms with Crippen LogP contribution in [-0.2, 0) is 0 Å². The van der Waals surface area contributed by atoms with E-state index < -0.39 is 17.7 Å². The molecule has 0 radical (unpaired) electrons. The van der Waals surface area contributed by atoms with Crippen LogP contribution in [0.4, 0.5) is 8.78 Å². The third kappa shape index (κ3) is 2.82. The molecule has 0 aliphatic heterocycles. The summed E-state index contributed by atoms with van der Waals surface area (Å²) < 4.78 is 27.1. The summed E-state index contributed by atoms with van der Waals surface area (Å²) in [6.45, 7) is 3.43. The second kappa shape index (κ2) is 5.10. The number of hydrogen-bond donors (Lipinski definition) is 1. The lowest BCUT2D eigenvalue weighted by molar-refractivity contribution is 0.256. The van der Waals surface area contributed by atoms with Crippen LogP contribution in [0.5, 0.6) is 0 Å². The van der Waals surface area contributed by atoms with Gasteiger partial charge in [-0.2, -0.15) is 0 Å². The zero-order valence-electron chi connectivity index (χ0n) is 10.00. The molecule has 17 heavy (non-hydrogen) atoms. The molecule has 1 aromatic carbocycles. The Kier molecular flexibility index (Phi) is 3.74. The SMILES string of the molecule is CCN(CC(N)c1c(F)cccc1F)C1CC1. The maximum absolute atomic E-state index is 13.5. The summed E-state index contributed by atoms with van der Waals surface area (Å²) in [6, 6.07) is 3.83. The van der Waals surface area contributed by atoms with Crippen LogP contribution in [-0.4, -0.2) is 24.0 Å². The number of nitrogens with zero attached hydrogens (tertiary/aromatic N) is 1. The predicted octanol–water partition coefficient (Wildman–Crippen LogP) is 2.45. The van der Waals surface area contributed by atoms with Gasteiger partial charge in [0.15, 0.2) is 0 Å². The molecule has 1 unspecified atom stereocenters. The first-order valence-electron chi connectivity index (χ1n) is 6.07. The van der Waals surface area contributed by atoms with Crippen LogP contribution < -0.4 is 5.73 Å². The van der Waals surface area contributed by atoms with Crippen molar-refractivity contribution in [2.24, 2.45) is 5.73 Å². The van der Waals surface area contributed by atoms with Gasteiger partial charge in [-0.05, 0) is 31.5 Å². The van der Waals surface area contributed by atoms with Crippen molar-refractivity contribution in [1.82, 2.24) is 4.90 Å². The molecule has 1 fully saturated rings. The van der Waals surface area contributed by atoms with E-state index in [-0.39, 0.29) is 5.56 Å². The van der Waals surface area contributed by atoms with Crippen molar-refractivity contribution < 1.29 is 8.78 Å². The zero-order chi connectivity index (χ0) is 12.4. The zero-order valence-corrected chi connectivity index (χ0v) is 10.00. The van der Waals surface area contributed by atoms with E-state index in [4.69, 9.17) is 5.73 Å². The van der Waals surface area contributed by atoms with Gasteiger partial charge in [-0.15, -0.1) is 0 Å². The molecule has 1 atom stereocenters. The van der Waals surface area contributed by atoms with Crippen molar-refractivity contribution in [2.75, 3.05) is 13.1 Å². The van der Waals surface area contributed by atoms with Gasteiger partial charge in [-0.3, -0.25) is 4.90 Å². The fourth-order valence-corrected chi connectivity index (χ4v) is 2.18.